The quantitative estimate of drug-likeness (QED) is 0.0532. The number of nitrogens with zero attached hydrogens (tertiary/aromatic N) is 1. The number of hydrogen-bond acceptors (Lipinski definition) is 11. The molecule has 1 aliphatic carbocycles. The Balaban J connectivity index is 0.747. The molecule has 2 amide bonds. The highest BCUT2D eigenvalue weighted by Gasteiger charge is 2.42. The number of esters is 1. The van der Waals surface area contributed by atoms with Crippen molar-refractivity contribution in [1.29, 1.82) is 0 Å². The van der Waals surface area contributed by atoms with Crippen LogP contribution in [0.15, 0.2) is 138 Å². The molecule has 0 bridgehead atoms. The summed E-state index contributed by atoms with van der Waals surface area (Å²) in [5.74, 6) is -0.798. The average Bonchev–Trinajstić information content (AvgIpc) is 3.33. The molecule has 6 aromatic rings. The maximum absolute atomic E-state index is 13.8. The van der Waals surface area contributed by atoms with Gasteiger partial charge in [0, 0.05) is 48.7 Å². The Hall–Kier alpha value is -6.84. The monoisotopic (exact) mass is 907 g/mol. The predicted molar refractivity (Wildman–Crippen MR) is 253 cm³/mol. The topological polar surface area (TPSA) is 203 Å². The lowest BCUT2D eigenvalue weighted by atomic mass is 9.86. The Morgan fingerprint density at radius 2 is 1.43 bits per heavy atom. The fourth-order valence-corrected chi connectivity index (χ4v) is 8.87. The SMILES string of the molecule is O=C(COc1cccc(C(O)(C(=O)OCC2CCN(Cc3ccccc3)CC2)c2ccccc2)c1)NC1CC(NC(=O)Cc2ccc(CNC[C@H](O)c3ccc(O)c4[nH]c(=O)ccc34)cc2)C1. The molecule has 8 rings (SSSR count). The summed E-state index contributed by atoms with van der Waals surface area (Å²) in [4.78, 5) is 56.4. The molecule has 1 saturated heterocycles. The summed E-state index contributed by atoms with van der Waals surface area (Å²) in [6.45, 7) is 3.32. The van der Waals surface area contributed by atoms with Crippen molar-refractivity contribution in [1.82, 2.24) is 25.8 Å². The number of amides is 2. The van der Waals surface area contributed by atoms with Gasteiger partial charge in [0.25, 0.3) is 5.91 Å². The average molecular weight is 908 g/mol. The highest BCUT2D eigenvalue weighted by molar-refractivity contribution is 5.88. The maximum Gasteiger partial charge on any atom is 0.347 e. The minimum absolute atomic E-state index is 0.0657. The van der Waals surface area contributed by atoms with E-state index >= 15 is 0 Å². The van der Waals surface area contributed by atoms with E-state index in [4.69, 9.17) is 9.47 Å². The van der Waals surface area contributed by atoms with Gasteiger partial charge in [-0.25, -0.2) is 4.79 Å². The van der Waals surface area contributed by atoms with Crippen molar-refractivity contribution in [3.63, 3.8) is 0 Å². The van der Waals surface area contributed by atoms with E-state index in [0.29, 0.717) is 41.6 Å². The second-order valence-electron chi connectivity index (χ2n) is 17.6. The van der Waals surface area contributed by atoms with E-state index < -0.39 is 17.7 Å². The van der Waals surface area contributed by atoms with Crippen molar-refractivity contribution in [3.05, 3.63) is 177 Å². The molecule has 2 atom stereocenters. The van der Waals surface area contributed by atoms with Crippen LogP contribution in [0.25, 0.3) is 10.9 Å². The number of carbonyl (C=O) groups is 3. The minimum atomic E-state index is -2.10. The standard InChI is InChI=1S/C53H57N5O9/c59-46-20-18-44(45-19-21-48(61)57-51(45)46)47(60)31-54-30-36-16-14-35(15-17-36)26-49(62)55-41-28-42(29-41)56-50(63)34-66-43-13-7-12-40(27-43)53(65,39-10-5-2-6-11-39)52(64)67-33-38-22-24-58(25-23-38)32-37-8-3-1-4-9-37/h1-21,27,38,41-42,47,54,59-60,65H,22-26,28-34H2,(H,55,62)(H,56,63)(H,57,61)/t41?,42?,47-,53?/m0/s1. The number of phenols is 1. The Morgan fingerprint density at radius 3 is 2.16 bits per heavy atom. The molecule has 0 radical (unpaired) electrons. The first kappa shape index (κ1) is 46.7. The number of nitrogens with one attached hydrogen (secondary N) is 4. The number of aromatic hydroxyl groups is 1. The van der Waals surface area contributed by atoms with Gasteiger partial charge in [-0.1, -0.05) is 103 Å². The number of fused-ring (bicyclic) bond motifs is 1. The summed E-state index contributed by atoms with van der Waals surface area (Å²) in [6.07, 6.45) is 2.26. The van der Waals surface area contributed by atoms with Crippen molar-refractivity contribution >= 4 is 28.7 Å². The lowest BCUT2D eigenvalue weighted by Crippen LogP contribution is -2.54. The third-order valence-electron chi connectivity index (χ3n) is 12.7. The minimum Gasteiger partial charge on any atom is -0.506 e. The molecular formula is C53H57N5O9. The zero-order valence-corrected chi connectivity index (χ0v) is 37.2. The third-order valence-corrected chi connectivity index (χ3v) is 12.7. The number of piperidine rings is 1. The number of phenolic OH excluding ortho intramolecular Hbond substituents is 1. The molecule has 1 aliphatic heterocycles. The highest BCUT2D eigenvalue weighted by atomic mass is 16.5. The molecule has 5 aromatic carbocycles. The van der Waals surface area contributed by atoms with E-state index in [1.54, 1.807) is 60.7 Å². The zero-order valence-electron chi connectivity index (χ0n) is 37.2. The van der Waals surface area contributed by atoms with Crippen LogP contribution in [0.5, 0.6) is 11.5 Å². The van der Waals surface area contributed by atoms with E-state index in [-0.39, 0.29) is 78.4 Å². The fourth-order valence-electron chi connectivity index (χ4n) is 8.87. The highest BCUT2D eigenvalue weighted by Crippen LogP contribution is 2.34. The molecule has 1 aromatic heterocycles. The van der Waals surface area contributed by atoms with Gasteiger partial charge < -0.3 is 45.7 Å². The first-order valence-electron chi connectivity index (χ1n) is 22.8. The van der Waals surface area contributed by atoms with Crippen molar-refractivity contribution < 1.29 is 39.2 Å². The molecule has 14 nitrogen and oxygen atoms in total. The molecule has 0 spiro atoms. The van der Waals surface area contributed by atoms with Crippen LogP contribution >= 0.6 is 0 Å². The van der Waals surface area contributed by atoms with Crippen LogP contribution < -0.4 is 26.2 Å². The molecule has 67 heavy (non-hydrogen) atoms. The number of aromatic nitrogens is 1. The van der Waals surface area contributed by atoms with Crippen LogP contribution in [-0.2, 0) is 44.2 Å². The summed E-state index contributed by atoms with van der Waals surface area (Å²) < 4.78 is 11.7. The molecule has 2 aliphatic rings. The summed E-state index contributed by atoms with van der Waals surface area (Å²) >= 11 is 0. The van der Waals surface area contributed by atoms with Crippen molar-refractivity contribution in [2.75, 3.05) is 32.8 Å². The molecule has 348 valence electrons. The largest absolute Gasteiger partial charge is 0.506 e. The molecular weight excluding hydrogens is 851 g/mol. The Kier molecular flexibility index (Phi) is 15.1. The number of pyridine rings is 1. The normalized spacial score (nSPS) is 17.7. The van der Waals surface area contributed by atoms with Gasteiger partial charge in [0.15, 0.2) is 6.61 Å². The Morgan fingerprint density at radius 1 is 0.761 bits per heavy atom. The van der Waals surface area contributed by atoms with E-state index in [0.717, 1.165) is 43.6 Å². The van der Waals surface area contributed by atoms with Crippen LogP contribution in [-0.4, -0.2) is 87.9 Å². The lowest BCUT2D eigenvalue weighted by Gasteiger charge is -2.36. The number of aliphatic hydroxyl groups is 2. The van der Waals surface area contributed by atoms with Gasteiger partial charge in [-0.3, -0.25) is 19.3 Å². The second-order valence-corrected chi connectivity index (χ2v) is 17.6. The van der Waals surface area contributed by atoms with Gasteiger partial charge in [0.2, 0.25) is 17.1 Å². The van der Waals surface area contributed by atoms with Crippen LogP contribution in [0.3, 0.4) is 0 Å². The number of likely N-dealkylation sites (tertiary alicyclic amines) is 1. The van der Waals surface area contributed by atoms with E-state index in [2.05, 4.69) is 38.0 Å². The first-order chi connectivity index (χ1) is 32.5. The third kappa shape index (κ3) is 12.0. The first-order valence-corrected chi connectivity index (χ1v) is 22.8. The second kappa shape index (κ2) is 21.6. The van der Waals surface area contributed by atoms with Gasteiger partial charge in [-0.2, -0.15) is 0 Å². The Bertz CT molecular complexity index is 2680. The van der Waals surface area contributed by atoms with Gasteiger partial charge in [-0.15, -0.1) is 0 Å². The number of aromatic amines is 1. The van der Waals surface area contributed by atoms with Gasteiger partial charge in [0.05, 0.1) is 24.6 Å². The summed E-state index contributed by atoms with van der Waals surface area (Å²) in [7, 11) is 0. The molecule has 1 saturated carbocycles. The zero-order chi connectivity index (χ0) is 46.8. The summed E-state index contributed by atoms with van der Waals surface area (Å²) in [5, 5.41) is 42.9. The van der Waals surface area contributed by atoms with Crippen molar-refractivity contribution in [2.24, 2.45) is 5.92 Å². The number of rotatable bonds is 19. The lowest BCUT2D eigenvalue weighted by molar-refractivity contribution is -0.164. The number of hydrogen-bond donors (Lipinski definition) is 7. The van der Waals surface area contributed by atoms with Gasteiger partial charge in [0.1, 0.15) is 11.5 Å². The van der Waals surface area contributed by atoms with E-state index in [1.165, 1.54) is 17.7 Å². The van der Waals surface area contributed by atoms with Crippen LogP contribution in [0.4, 0.5) is 0 Å². The number of H-pyrrole nitrogens is 1. The molecule has 2 fully saturated rings. The van der Waals surface area contributed by atoms with Crippen LogP contribution in [0.2, 0.25) is 0 Å². The van der Waals surface area contributed by atoms with E-state index in [9.17, 15) is 34.5 Å². The van der Waals surface area contributed by atoms with E-state index in [1.807, 2.05) is 48.5 Å². The molecule has 7 N–H and O–H groups in total. The Labute approximate surface area is 389 Å². The maximum atomic E-state index is 13.8. The fraction of sp³-hybridized carbons (Fsp3) is 0.321. The van der Waals surface area contributed by atoms with Crippen LogP contribution in [0, 0.1) is 5.92 Å². The number of aliphatic hydroxyl groups excluding tert-OH is 1. The van der Waals surface area contributed by atoms with Crippen LogP contribution in [0.1, 0.15) is 65.2 Å². The number of ether oxygens (including phenoxy) is 2. The number of benzene rings is 5. The van der Waals surface area contributed by atoms with Crippen molar-refractivity contribution in [2.45, 2.75) is 69.0 Å². The predicted octanol–water partition coefficient (Wildman–Crippen LogP) is 5.13. The van der Waals surface area contributed by atoms with Crippen molar-refractivity contribution in [3.8, 4) is 11.5 Å². The number of carbonyl (C=O) groups excluding carboxylic acids is 3. The summed E-state index contributed by atoms with van der Waals surface area (Å²) in [5.41, 5.74) is 2.13. The smallest absolute Gasteiger partial charge is 0.347 e. The molecule has 1 unspecified atom stereocenters. The molecule has 2 heterocycles. The van der Waals surface area contributed by atoms with Gasteiger partial charge >= 0.3 is 5.97 Å². The van der Waals surface area contributed by atoms with Gasteiger partial charge in [-0.05, 0) is 96.8 Å². The molecule has 14 heteroatoms. The summed E-state index contributed by atoms with van der Waals surface area (Å²) in [6, 6.07) is 39.0.